The molecular weight excluding hydrogens is 329 g/mol. The molecule has 1 atom stereocenters. The average Bonchev–Trinajstić information content (AvgIpc) is 2.52. The molecule has 6 nitrogen and oxygen atoms in total. The fourth-order valence-corrected chi connectivity index (χ4v) is 2.90. The summed E-state index contributed by atoms with van der Waals surface area (Å²) in [7, 11) is -2.90. The molecule has 0 radical (unpaired) electrons. The summed E-state index contributed by atoms with van der Waals surface area (Å²) in [6.07, 6.45) is 2.46. The second-order valence-corrected chi connectivity index (χ2v) is 6.24. The Kier molecular flexibility index (Phi) is 7.37. The summed E-state index contributed by atoms with van der Waals surface area (Å²) < 4.78 is 37.5. The second kappa shape index (κ2) is 8.56. The van der Waals surface area contributed by atoms with Gasteiger partial charge in [-0.05, 0) is 42.0 Å². The Hall–Kier alpha value is -1.25. The smallest absolute Gasteiger partial charge is 1.00 e. The minimum atomic E-state index is -4.41. The van der Waals surface area contributed by atoms with Crippen molar-refractivity contribution in [2.24, 2.45) is 0 Å². The normalized spacial score (nSPS) is 12.1. The topological polar surface area (TPSA) is 93.6 Å². The van der Waals surface area contributed by atoms with E-state index in [1.807, 2.05) is 0 Å². The standard InChI is InChI=1S/C15H15NO5S.Na.H/c1-21-13-4-2-11(3-5-13)14(17)10-15(22(18,19)20)12-6-8-16-9-7-12;;/h2-9,15H,10H2,1H3,(H,18,19,20);;/q;+1;-1. The molecule has 1 heterocycles. The Morgan fingerprint density at radius 3 is 2.26 bits per heavy atom. The van der Waals surface area contributed by atoms with Crippen LogP contribution < -0.4 is 34.3 Å². The number of rotatable bonds is 6. The zero-order valence-corrected chi connectivity index (χ0v) is 15.7. The number of nitrogens with zero attached hydrogens (tertiary/aromatic N) is 1. The zero-order chi connectivity index (χ0) is 16.2. The van der Waals surface area contributed by atoms with Crippen molar-refractivity contribution in [1.82, 2.24) is 4.98 Å². The predicted molar refractivity (Wildman–Crippen MR) is 81.6 cm³/mol. The fraction of sp³-hybridized carbons (Fsp3) is 0.200. The van der Waals surface area contributed by atoms with Gasteiger partial charge < -0.3 is 6.16 Å². The van der Waals surface area contributed by atoms with Crippen molar-refractivity contribution in [3.8, 4) is 5.75 Å². The molecule has 1 N–H and O–H groups in total. The molecule has 0 fully saturated rings. The zero-order valence-electron chi connectivity index (χ0n) is 13.8. The molecule has 0 aliphatic carbocycles. The first-order valence-electron chi connectivity index (χ1n) is 6.45. The van der Waals surface area contributed by atoms with Gasteiger partial charge in [0.2, 0.25) is 0 Å². The number of hydrogen-bond acceptors (Lipinski definition) is 5. The van der Waals surface area contributed by atoms with E-state index in [2.05, 4.69) is 4.98 Å². The van der Waals surface area contributed by atoms with Crippen LogP contribution in [-0.2, 0) is 10.1 Å². The molecule has 0 saturated carbocycles. The molecule has 23 heavy (non-hydrogen) atoms. The van der Waals surface area contributed by atoms with Gasteiger partial charge in [-0.2, -0.15) is 8.42 Å². The van der Waals surface area contributed by atoms with E-state index in [0.717, 1.165) is 0 Å². The number of ether oxygens (including phenoxy) is 1. The van der Waals surface area contributed by atoms with E-state index in [1.165, 1.54) is 31.6 Å². The predicted octanol–water partition coefficient (Wildman–Crippen LogP) is -0.591. The van der Waals surface area contributed by atoms with Gasteiger partial charge in [-0.25, -0.2) is 0 Å². The Morgan fingerprint density at radius 2 is 1.78 bits per heavy atom. The molecular formula is C15H16NNaO5S. The largest absolute Gasteiger partial charge is 1.00 e. The minimum absolute atomic E-state index is 0. The first kappa shape index (κ1) is 19.8. The third-order valence-electron chi connectivity index (χ3n) is 3.22. The molecule has 8 heteroatoms. The van der Waals surface area contributed by atoms with Crippen molar-refractivity contribution >= 4 is 15.9 Å². The number of carbonyl (C=O) groups excluding carboxylic acids is 1. The van der Waals surface area contributed by atoms with Gasteiger partial charge in [0.05, 0.1) is 7.11 Å². The third kappa shape index (κ3) is 5.40. The Labute approximate surface area is 158 Å². The number of aromatic nitrogens is 1. The average molecular weight is 345 g/mol. The van der Waals surface area contributed by atoms with Gasteiger partial charge >= 0.3 is 29.6 Å². The third-order valence-corrected chi connectivity index (χ3v) is 4.38. The van der Waals surface area contributed by atoms with Gasteiger partial charge in [0.15, 0.2) is 5.78 Å². The van der Waals surface area contributed by atoms with Gasteiger partial charge in [0.25, 0.3) is 10.1 Å². The van der Waals surface area contributed by atoms with Gasteiger partial charge in [0, 0.05) is 24.4 Å². The first-order valence-corrected chi connectivity index (χ1v) is 7.95. The van der Waals surface area contributed by atoms with Crippen LogP contribution in [0.15, 0.2) is 48.8 Å². The SMILES string of the molecule is COc1ccc(C(=O)CC(c2ccncc2)S(=O)(=O)O)cc1.[H-].[Na+]. The van der Waals surface area contributed by atoms with Crippen LogP contribution in [-0.4, -0.2) is 30.8 Å². The quantitative estimate of drug-likeness (QED) is 0.427. The molecule has 0 spiro atoms. The molecule has 2 rings (SSSR count). The van der Waals surface area contributed by atoms with Crippen LogP contribution in [0.4, 0.5) is 0 Å². The number of carbonyl (C=O) groups is 1. The number of benzene rings is 1. The molecule has 0 aliphatic heterocycles. The molecule has 0 amide bonds. The maximum absolute atomic E-state index is 12.2. The number of Topliss-reactive ketones (excluding diaryl/α,β-unsaturated/α-hetero) is 1. The van der Waals surface area contributed by atoms with E-state index in [9.17, 15) is 17.8 Å². The van der Waals surface area contributed by atoms with Gasteiger partial charge in [-0.1, -0.05) is 0 Å². The first-order chi connectivity index (χ1) is 10.4. The van der Waals surface area contributed by atoms with Crippen molar-refractivity contribution in [2.75, 3.05) is 7.11 Å². The summed E-state index contributed by atoms with van der Waals surface area (Å²) in [5, 5.41) is -1.31. The van der Waals surface area contributed by atoms with Crippen LogP contribution in [0.2, 0.25) is 0 Å². The van der Waals surface area contributed by atoms with E-state index in [4.69, 9.17) is 4.74 Å². The van der Waals surface area contributed by atoms with Gasteiger partial charge in [0.1, 0.15) is 11.0 Å². The monoisotopic (exact) mass is 345 g/mol. The van der Waals surface area contributed by atoms with Crippen LogP contribution in [0.25, 0.3) is 0 Å². The van der Waals surface area contributed by atoms with Crippen molar-refractivity contribution in [1.29, 1.82) is 0 Å². The number of hydrogen-bond donors (Lipinski definition) is 1. The molecule has 0 aliphatic rings. The summed E-state index contributed by atoms with van der Waals surface area (Å²) in [5.74, 6) is 0.208. The van der Waals surface area contributed by atoms with E-state index in [-0.39, 0.29) is 43.2 Å². The van der Waals surface area contributed by atoms with Crippen molar-refractivity contribution in [3.63, 3.8) is 0 Å². The van der Waals surface area contributed by atoms with Gasteiger partial charge in [-0.15, -0.1) is 0 Å². The Morgan fingerprint density at radius 1 is 1.22 bits per heavy atom. The molecule has 1 aromatic heterocycles. The molecule has 0 saturated heterocycles. The Bertz CT molecular complexity index is 753. The molecule has 1 unspecified atom stereocenters. The summed E-state index contributed by atoms with van der Waals surface area (Å²) in [6.45, 7) is 0. The maximum atomic E-state index is 12.2. The van der Waals surface area contributed by atoms with Crippen molar-refractivity contribution < 1.29 is 53.5 Å². The van der Waals surface area contributed by atoms with Crippen LogP contribution in [0.3, 0.4) is 0 Å². The minimum Gasteiger partial charge on any atom is -1.00 e. The van der Waals surface area contributed by atoms with Crippen LogP contribution in [0.1, 0.15) is 29.0 Å². The number of ketones is 1. The van der Waals surface area contributed by atoms with Gasteiger partial charge in [-0.3, -0.25) is 14.3 Å². The molecule has 0 bridgehead atoms. The summed E-state index contributed by atoms with van der Waals surface area (Å²) >= 11 is 0. The summed E-state index contributed by atoms with van der Waals surface area (Å²) in [6, 6.07) is 9.24. The Balaban J connectivity index is 0.00000264. The number of pyridine rings is 1. The molecule has 1 aromatic carbocycles. The molecule has 118 valence electrons. The van der Waals surface area contributed by atoms with Crippen LogP contribution in [0, 0.1) is 0 Å². The van der Waals surface area contributed by atoms with Crippen LogP contribution in [0.5, 0.6) is 5.75 Å². The van der Waals surface area contributed by atoms with E-state index in [1.54, 1.807) is 24.3 Å². The second-order valence-electron chi connectivity index (χ2n) is 4.64. The fourth-order valence-electron chi connectivity index (χ4n) is 2.04. The van der Waals surface area contributed by atoms with Crippen molar-refractivity contribution in [3.05, 3.63) is 59.9 Å². The van der Waals surface area contributed by atoms with Crippen LogP contribution >= 0.6 is 0 Å². The number of methoxy groups -OCH3 is 1. The van der Waals surface area contributed by atoms with E-state index in [0.29, 0.717) is 16.9 Å². The van der Waals surface area contributed by atoms with E-state index < -0.39 is 15.4 Å². The van der Waals surface area contributed by atoms with Crippen molar-refractivity contribution in [2.45, 2.75) is 11.7 Å². The molecule has 2 aromatic rings. The summed E-state index contributed by atoms with van der Waals surface area (Å²) in [5.41, 5.74) is 0.669. The van der Waals surface area contributed by atoms with E-state index >= 15 is 0 Å². The maximum Gasteiger partial charge on any atom is 1.00 e. The summed E-state index contributed by atoms with van der Waals surface area (Å²) in [4.78, 5) is 16.0.